The quantitative estimate of drug-likeness (QED) is 0.602. The number of carbonyl (C=O) groups excluding carboxylic acids is 1. The van der Waals surface area contributed by atoms with Crippen LogP contribution >= 0.6 is 0 Å². The maximum absolute atomic E-state index is 11.4. The number of nitrogens with one attached hydrogen (secondary N) is 2. The maximum atomic E-state index is 11.4. The topological polar surface area (TPSA) is 79.8 Å². The Morgan fingerprint density at radius 2 is 1.78 bits per heavy atom. The van der Waals surface area contributed by atoms with Crippen molar-refractivity contribution in [1.29, 1.82) is 0 Å². The summed E-state index contributed by atoms with van der Waals surface area (Å²) in [6.45, 7) is 7.91. The molecule has 0 aliphatic rings. The zero-order valence-electron chi connectivity index (χ0n) is 15.9. The molecule has 6 heteroatoms. The summed E-state index contributed by atoms with van der Waals surface area (Å²) in [7, 11) is 0. The molecule has 0 spiro atoms. The van der Waals surface area contributed by atoms with Crippen molar-refractivity contribution in [2.75, 3.05) is 10.6 Å². The minimum Gasteiger partial charge on any atom is -0.339 e. The molecule has 0 saturated heterocycles. The largest absolute Gasteiger partial charge is 0.339 e. The van der Waals surface area contributed by atoms with E-state index in [9.17, 15) is 4.79 Å². The van der Waals surface area contributed by atoms with E-state index >= 15 is 0 Å². The molecule has 6 nitrogen and oxygen atoms in total. The Balaban J connectivity index is 1.81. The molecule has 0 unspecified atom stereocenters. The molecular weight excluding hydrogens is 338 g/mol. The number of ketones is 1. The fraction of sp³-hybridized carbons (Fsp3) is 0.238. The van der Waals surface area contributed by atoms with E-state index < -0.39 is 0 Å². The van der Waals surface area contributed by atoms with Crippen molar-refractivity contribution >= 4 is 28.9 Å². The first-order valence-corrected chi connectivity index (χ1v) is 8.88. The van der Waals surface area contributed by atoms with Gasteiger partial charge in [0.05, 0.1) is 6.20 Å². The first-order valence-electron chi connectivity index (χ1n) is 8.88. The lowest BCUT2D eigenvalue weighted by atomic mass is 9.98. The summed E-state index contributed by atoms with van der Waals surface area (Å²) >= 11 is 0. The SMILES string of the molecule is CC(=O)c1ccc(Nc2cnnc(Nc3c(C)cccc3C(C)C)n2)cc1. The van der Waals surface area contributed by atoms with E-state index in [4.69, 9.17) is 0 Å². The van der Waals surface area contributed by atoms with E-state index in [1.165, 1.54) is 5.56 Å². The van der Waals surface area contributed by atoms with Crippen LogP contribution in [0.5, 0.6) is 0 Å². The van der Waals surface area contributed by atoms with Gasteiger partial charge in [-0.25, -0.2) is 0 Å². The van der Waals surface area contributed by atoms with Gasteiger partial charge in [0.2, 0.25) is 5.95 Å². The van der Waals surface area contributed by atoms with Crippen LogP contribution in [0.2, 0.25) is 0 Å². The number of Topliss-reactive ketones (excluding diaryl/α,β-unsaturated/α-hetero) is 1. The molecule has 138 valence electrons. The molecular formula is C21H23N5O. The highest BCUT2D eigenvalue weighted by Crippen LogP contribution is 2.29. The second-order valence-corrected chi connectivity index (χ2v) is 6.74. The molecule has 0 aliphatic heterocycles. The zero-order chi connectivity index (χ0) is 19.4. The number of anilines is 4. The van der Waals surface area contributed by atoms with Crippen LogP contribution in [-0.4, -0.2) is 21.0 Å². The fourth-order valence-electron chi connectivity index (χ4n) is 2.81. The number of hydrogen-bond acceptors (Lipinski definition) is 6. The third-order valence-corrected chi connectivity index (χ3v) is 4.29. The van der Waals surface area contributed by atoms with E-state index in [0.717, 1.165) is 16.9 Å². The average Bonchev–Trinajstić information content (AvgIpc) is 2.64. The third-order valence-electron chi connectivity index (χ3n) is 4.29. The summed E-state index contributed by atoms with van der Waals surface area (Å²) in [4.78, 5) is 15.9. The van der Waals surface area contributed by atoms with Crippen LogP contribution in [0.15, 0.2) is 48.7 Å². The monoisotopic (exact) mass is 361 g/mol. The van der Waals surface area contributed by atoms with Gasteiger partial charge in [-0.1, -0.05) is 32.0 Å². The molecule has 0 amide bonds. The zero-order valence-corrected chi connectivity index (χ0v) is 15.9. The van der Waals surface area contributed by atoms with Gasteiger partial charge >= 0.3 is 0 Å². The number of nitrogens with zero attached hydrogens (tertiary/aromatic N) is 3. The van der Waals surface area contributed by atoms with Crippen LogP contribution in [0.25, 0.3) is 0 Å². The summed E-state index contributed by atoms with van der Waals surface area (Å²) in [5, 5.41) is 14.6. The lowest BCUT2D eigenvalue weighted by Crippen LogP contribution is -2.06. The van der Waals surface area contributed by atoms with Crippen molar-refractivity contribution in [3.63, 3.8) is 0 Å². The van der Waals surface area contributed by atoms with Gasteiger partial charge in [0.25, 0.3) is 0 Å². The number of rotatable bonds is 6. The van der Waals surface area contributed by atoms with Crippen molar-refractivity contribution in [2.24, 2.45) is 0 Å². The van der Waals surface area contributed by atoms with Crippen LogP contribution in [0.1, 0.15) is 48.2 Å². The molecule has 0 aliphatic carbocycles. The number of benzene rings is 2. The van der Waals surface area contributed by atoms with Gasteiger partial charge in [0, 0.05) is 16.9 Å². The molecule has 0 radical (unpaired) electrons. The van der Waals surface area contributed by atoms with Crippen molar-refractivity contribution < 1.29 is 4.79 Å². The Bertz CT molecular complexity index is 951. The fourth-order valence-corrected chi connectivity index (χ4v) is 2.81. The molecule has 27 heavy (non-hydrogen) atoms. The lowest BCUT2D eigenvalue weighted by molar-refractivity contribution is 0.101. The number of aromatic nitrogens is 3. The van der Waals surface area contributed by atoms with E-state index in [2.05, 4.69) is 64.8 Å². The second kappa shape index (κ2) is 7.95. The second-order valence-electron chi connectivity index (χ2n) is 6.74. The highest BCUT2D eigenvalue weighted by atomic mass is 16.1. The minimum atomic E-state index is 0.0379. The average molecular weight is 361 g/mol. The summed E-state index contributed by atoms with van der Waals surface area (Å²) in [6, 6.07) is 13.4. The first-order chi connectivity index (χ1) is 12.9. The van der Waals surface area contributed by atoms with Crippen molar-refractivity contribution in [1.82, 2.24) is 15.2 Å². The molecule has 1 aromatic heterocycles. The number of hydrogen-bond donors (Lipinski definition) is 2. The molecule has 0 saturated carbocycles. The molecule has 3 aromatic rings. The van der Waals surface area contributed by atoms with Crippen molar-refractivity contribution in [3.8, 4) is 0 Å². The van der Waals surface area contributed by atoms with Crippen LogP contribution in [0, 0.1) is 6.92 Å². The van der Waals surface area contributed by atoms with Gasteiger partial charge in [0.1, 0.15) is 0 Å². The molecule has 1 heterocycles. The van der Waals surface area contributed by atoms with Gasteiger partial charge in [-0.15, -0.1) is 5.10 Å². The van der Waals surface area contributed by atoms with E-state index in [-0.39, 0.29) is 5.78 Å². The highest BCUT2D eigenvalue weighted by molar-refractivity contribution is 5.94. The van der Waals surface area contributed by atoms with Crippen LogP contribution in [-0.2, 0) is 0 Å². The Hall–Kier alpha value is -3.28. The molecule has 0 fully saturated rings. The van der Waals surface area contributed by atoms with E-state index in [1.54, 1.807) is 25.3 Å². The molecule has 2 N–H and O–H groups in total. The lowest BCUT2D eigenvalue weighted by Gasteiger charge is -2.16. The maximum Gasteiger partial charge on any atom is 0.249 e. The van der Waals surface area contributed by atoms with Crippen LogP contribution in [0.3, 0.4) is 0 Å². The van der Waals surface area contributed by atoms with Gasteiger partial charge in [-0.2, -0.15) is 10.1 Å². The molecule has 0 atom stereocenters. The van der Waals surface area contributed by atoms with Gasteiger partial charge in [0.15, 0.2) is 11.6 Å². The van der Waals surface area contributed by atoms with Crippen molar-refractivity contribution in [3.05, 3.63) is 65.4 Å². The predicted molar refractivity (Wildman–Crippen MR) is 108 cm³/mol. The smallest absolute Gasteiger partial charge is 0.249 e. The molecule has 0 bridgehead atoms. The molecule has 2 aromatic carbocycles. The number of para-hydroxylation sites is 1. The minimum absolute atomic E-state index is 0.0379. The Labute approximate surface area is 159 Å². The Morgan fingerprint density at radius 3 is 2.44 bits per heavy atom. The highest BCUT2D eigenvalue weighted by Gasteiger charge is 2.11. The summed E-state index contributed by atoms with van der Waals surface area (Å²) < 4.78 is 0. The number of aryl methyl sites for hydroxylation is 1. The van der Waals surface area contributed by atoms with Crippen molar-refractivity contribution in [2.45, 2.75) is 33.6 Å². The van der Waals surface area contributed by atoms with E-state index in [1.807, 2.05) is 12.1 Å². The summed E-state index contributed by atoms with van der Waals surface area (Å²) in [5.41, 5.74) is 4.84. The normalized spacial score (nSPS) is 10.7. The van der Waals surface area contributed by atoms with Gasteiger partial charge in [-0.3, -0.25) is 4.79 Å². The van der Waals surface area contributed by atoms with Gasteiger partial charge in [-0.05, 0) is 55.2 Å². The standard InChI is InChI=1S/C21H23N5O/c1-13(2)18-7-5-6-14(3)20(18)25-21-24-19(12-22-26-21)23-17-10-8-16(9-11-17)15(4)27/h5-13H,1-4H3,(H2,23,24,25,26). The first kappa shape index (κ1) is 18.5. The predicted octanol–water partition coefficient (Wildman–Crippen LogP) is 4.99. The summed E-state index contributed by atoms with van der Waals surface area (Å²) in [6.07, 6.45) is 1.56. The van der Waals surface area contributed by atoms with E-state index in [0.29, 0.717) is 23.2 Å². The number of carbonyl (C=O) groups is 1. The van der Waals surface area contributed by atoms with Crippen LogP contribution in [0.4, 0.5) is 23.1 Å². The Kier molecular flexibility index (Phi) is 5.45. The molecule has 3 rings (SSSR count). The van der Waals surface area contributed by atoms with Crippen LogP contribution < -0.4 is 10.6 Å². The third kappa shape index (κ3) is 4.47. The summed E-state index contributed by atoms with van der Waals surface area (Å²) in [5.74, 6) is 1.41. The Morgan fingerprint density at radius 1 is 1.04 bits per heavy atom. The van der Waals surface area contributed by atoms with Gasteiger partial charge < -0.3 is 10.6 Å².